The van der Waals surface area contributed by atoms with Crippen molar-refractivity contribution in [2.75, 3.05) is 6.54 Å². The number of rotatable bonds is 6. The predicted molar refractivity (Wildman–Crippen MR) is 80.0 cm³/mol. The van der Waals surface area contributed by atoms with E-state index in [9.17, 15) is 13.9 Å². The lowest BCUT2D eigenvalue weighted by molar-refractivity contribution is 0.121. The Morgan fingerprint density at radius 3 is 2.52 bits per heavy atom. The fourth-order valence-electron chi connectivity index (χ4n) is 3.38. The summed E-state index contributed by atoms with van der Waals surface area (Å²) in [6.45, 7) is 0.161. The topological polar surface area (TPSA) is 46.2 Å². The van der Waals surface area contributed by atoms with Gasteiger partial charge in [0, 0.05) is 18.5 Å². The van der Waals surface area contributed by atoms with E-state index in [1.807, 2.05) is 0 Å². The van der Waals surface area contributed by atoms with Crippen molar-refractivity contribution in [2.45, 2.75) is 57.0 Å². The number of aliphatic hydroxyl groups is 1. The molecule has 0 saturated heterocycles. The van der Waals surface area contributed by atoms with Gasteiger partial charge in [0.1, 0.15) is 11.6 Å². The van der Waals surface area contributed by atoms with Crippen LogP contribution in [-0.4, -0.2) is 17.8 Å². The Kier molecular flexibility index (Phi) is 6.12. The number of nitrogens with two attached hydrogens (primary N) is 1. The molecule has 1 aromatic carbocycles. The average molecular weight is 297 g/mol. The Morgan fingerprint density at radius 2 is 1.90 bits per heavy atom. The zero-order valence-corrected chi connectivity index (χ0v) is 12.4. The predicted octanol–water partition coefficient (Wildman–Crippen LogP) is 3.73. The number of benzene rings is 1. The lowest BCUT2D eigenvalue weighted by atomic mass is 9.83. The highest BCUT2D eigenvalue weighted by atomic mass is 19.1. The monoisotopic (exact) mass is 297 g/mol. The van der Waals surface area contributed by atoms with Gasteiger partial charge in [-0.3, -0.25) is 0 Å². The number of aliphatic hydroxyl groups excluding tert-OH is 1. The van der Waals surface area contributed by atoms with Crippen LogP contribution < -0.4 is 5.73 Å². The summed E-state index contributed by atoms with van der Waals surface area (Å²) >= 11 is 0. The van der Waals surface area contributed by atoms with Gasteiger partial charge in [-0.05, 0) is 30.4 Å². The molecular formula is C17H25F2NO. The summed E-state index contributed by atoms with van der Waals surface area (Å²) < 4.78 is 26.8. The maximum Gasteiger partial charge on any atom is 0.129 e. The minimum Gasteiger partial charge on any atom is -0.392 e. The van der Waals surface area contributed by atoms with Gasteiger partial charge in [-0.2, -0.15) is 0 Å². The van der Waals surface area contributed by atoms with Gasteiger partial charge in [-0.25, -0.2) is 8.78 Å². The quantitative estimate of drug-likeness (QED) is 0.840. The van der Waals surface area contributed by atoms with Crippen molar-refractivity contribution < 1.29 is 13.9 Å². The molecule has 2 unspecified atom stereocenters. The van der Waals surface area contributed by atoms with Crippen molar-refractivity contribution in [3.05, 3.63) is 35.4 Å². The van der Waals surface area contributed by atoms with Gasteiger partial charge in [0.25, 0.3) is 0 Å². The number of halogens is 2. The number of hydrogen-bond acceptors (Lipinski definition) is 2. The first-order valence-corrected chi connectivity index (χ1v) is 7.95. The van der Waals surface area contributed by atoms with E-state index in [4.69, 9.17) is 5.73 Å². The second kappa shape index (κ2) is 7.85. The van der Waals surface area contributed by atoms with Crippen LogP contribution in [0.3, 0.4) is 0 Å². The van der Waals surface area contributed by atoms with E-state index in [1.54, 1.807) is 0 Å². The molecule has 2 rings (SSSR count). The summed E-state index contributed by atoms with van der Waals surface area (Å²) in [5.41, 5.74) is 6.02. The minimum absolute atomic E-state index is 0.161. The van der Waals surface area contributed by atoms with Crippen molar-refractivity contribution in [2.24, 2.45) is 11.7 Å². The van der Waals surface area contributed by atoms with Crippen molar-refractivity contribution in [3.8, 4) is 0 Å². The summed E-state index contributed by atoms with van der Waals surface area (Å²) in [4.78, 5) is 0. The molecule has 1 aliphatic rings. The molecule has 0 aromatic heterocycles. The Hall–Kier alpha value is -1.00. The molecule has 118 valence electrons. The molecule has 1 aliphatic carbocycles. The third-order valence-electron chi connectivity index (χ3n) is 4.68. The van der Waals surface area contributed by atoms with Crippen molar-refractivity contribution >= 4 is 0 Å². The van der Waals surface area contributed by atoms with Crippen LogP contribution >= 0.6 is 0 Å². The minimum atomic E-state index is -0.670. The van der Waals surface area contributed by atoms with Crippen LogP contribution in [0.2, 0.25) is 0 Å². The molecule has 1 saturated carbocycles. The van der Waals surface area contributed by atoms with Crippen LogP contribution in [0.4, 0.5) is 8.78 Å². The van der Waals surface area contributed by atoms with Gasteiger partial charge < -0.3 is 10.8 Å². The lowest BCUT2D eigenvalue weighted by Crippen LogP contribution is -2.27. The largest absolute Gasteiger partial charge is 0.392 e. The van der Waals surface area contributed by atoms with Gasteiger partial charge in [-0.15, -0.1) is 0 Å². The standard InChI is InChI=1S/C17H25F2NO/c18-13-7-8-14(16(19)10-13)15(11-20)17(21)9-6-12-4-2-1-3-5-12/h7-8,10,12,15,17,21H,1-6,9,11,20H2. The summed E-state index contributed by atoms with van der Waals surface area (Å²) in [5.74, 6) is -1.02. The molecule has 3 N–H and O–H groups in total. The van der Waals surface area contributed by atoms with Gasteiger partial charge in [0.2, 0.25) is 0 Å². The summed E-state index contributed by atoms with van der Waals surface area (Å²) in [5, 5.41) is 10.3. The highest BCUT2D eigenvalue weighted by molar-refractivity contribution is 5.24. The Balaban J connectivity index is 1.95. The Bertz CT molecular complexity index is 446. The van der Waals surface area contributed by atoms with Gasteiger partial charge >= 0.3 is 0 Å². The molecule has 21 heavy (non-hydrogen) atoms. The first-order chi connectivity index (χ1) is 10.1. The molecule has 4 heteroatoms. The molecular weight excluding hydrogens is 272 g/mol. The van der Waals surface area contributed by atoms with E-state index >= 15 is 0 Å². The van der Waals surface area contributed by atoms with Crippen LogP contribution in [0.25, 0.3) is 0 Å². The highest BCUT2D eigenvalue weighted by Crippen LogP contribution is 2.30. The van der Waals surface area contributed by atoms with Crippen molar-refractivity contribution in [1.82, 2.24) is 0 Å². The smallest absolute Gasteiger partial charge is 0.129 e. The fraction of sp³-hybridized carbons (Fsp3) is 0.647. The second-order valence-electron chi connectivity index (χ2n) is 6.16. The first kappa shape index (κ1) is 16.4. The van der Waals surface area contributed by atoms with Crippen molar-refractivity contribution in [1.29, 1.82) is 0 Å². The molecule has 0 aliphatic heterocycles. The Morgan fingerprint density at radius 1 is 1.19 bits per heavy atom. The van der Waals surface area contributed by atoms with Gasteiger partial charge in [-0.1, -0.05) is 38.2 Å². The molecule has 0 radical (unpaired) electrons. The van der Waals surface area contributed by atoms with Crippen LogP contribution in [-0.2, 0) is 0 Å². The van der Waals surface area contributed by atoms with Crippen LogP contribution in [0, 0.1) is 17.6 Å². The number of hydrogen-bond donors (Lipinski definition) is 2. The molecule has 0 heterocycles. The first-order valence-electron chi connectivity index (χ1n) is 7.95. The van der Waals surface area contributed by atoms with Crippen LogP contribution in [0.1, 0.15) is 56.4 Å². The van der Waals surface area contributed by atoms with E-state index in [-0.39, 0.29) is 6.54 Å². The maximum atomic E-state index is 13.8. The zero-order valence-electron chi connectivity index (χ0n) is 12.4. The van der Waals surface area contributed by atoms with E-state index in [2.05, 4.69) is 0 Å². The summed E-state index contributed by atoms with van der Waals surface area (Å²) in [6.07, 6.45) is 7.23. The normalized spacial score (nSPS) is 19.4. The van der Waals surface area contributed by atoms with E-state index < -0.39 is 23.7 Å². The molecule has 0 amide bonds. The van der Waals surface area contributed by atoms with Gasteiger partial charge in [0.05, 0.1) is 6.10 Å². The molecule has 0 bridgehead atoms. The van der Waals surface area contributed by atoms with Crippen LogP contribution in [0.15, 0.2) is 18.2 Å². The third-order valence-corrected chi connectivity index (χ3v) is 4.68. The fourth-order valence-corrected chi connectivity index (χ4v) is 3.38. The van der Waals surface area contributed by atoms with E-state index in [0.717, 1.165) is 12.5 Å². The van der Waals surface area contributed by atoms with E-state index in [1.165, 1.54) is 44.2 Å². The molecule has 2 nitrogen and oxygen atoms in total. The molecule has 2 atom stereocenters. The SMILES string of the molecule is NCC(c1ccc(F)cc1F)C(O)CCC1CCCCC1. The van der Waals surface area contributed by atoms with Gasteiger partial charge in [0.15, 0.2) is 0 Å². The second-order valence-corrected chi connectivity index (χ2v) is 6.16. The third kappa shape index (κ3) is 4.48. The highest BCUT2D eigenvalue weighted by Gasteiger charge is 2.24. The van der Waals surface area contributed by atoms with Crippen LogP contribution in [0.5, 0.6) is 0 Å². The molecule has 1 fully saturated rings. The summed E-state index contributed by atoms with van der Waals surface area (Å²) in [6, 6.07) is 3.47. The molecule has 1 aromatic rings. The maximum absolute atomic E-state index is 13.8. The zero-order chi connectivity index (χ0) is 15.2. The lowest BCUT2D eigenvalue weighted by Gasteiger charge is -2.26. The van der Waals surface area contributed by atoms with Crippen molar-refractivity contribution in [3.63, 3.8) is 0 Å². The average Bonchev–Trinajstić information content (AvgIpc) is 2.49. The molecule has 0 spiro atoms. The Labute approximate surface area is 125 Å². The summed E-state index contributed by atoms with van der Waals surface area (Å²) in [7, 11) is 0. The van der Waals surface area contributed by atoms with E-state index in [0.29, 0.717) is 17.9 Å².